The highest BCUT2D eigenvalue weighted by molar-refractivity contribution is 7.92. The van der Waals surface area contributed by atoms with E-state index in [1.807, 2.05) is 12.1 Å². The van der Waals surface area contributed by atoms with Gasteiger partial charge in [0.15, 0.2) is 0 Å². The SMILES string of the molecule is COCCNC(=O)c1cc(NS(=O)(=O)c2ccc(C(C)C)cc2)ccc1N1CCNCC1. The molecule has 1 amide bonds. The molecule has 2 aromatic rings. The molecule has 0 aromatic heterocycles. The summed E-state index contributed by atoms with van der Waals surface area (Å²) in [5, 5.41) is 6.13. The predicted octanol–water partition coefficient (Wildman–Crippen LogP) is 2.40. The van der Waals surface area contributed by atoms with Crippen molar-refractivity contribution in [3.63, 3.8) is 0 Å². The van der Waals surface area contributed by atoms with Gasteiger partial charge in [0.1, 0.15) is 0 Å². The number of carbonyl (C=O) groups is 1. The molecule has 8 nitrogen and oxygen atoms in total. The Morgan fingerprint density at radius 1 is 1.12 bits per heavy atom. The first kappa shape index (κ1) is 24.0. The van der Waals surface area contributed by atoms with Crippen molar-refractivity contribution in [2.75, 3.05) is 56.1 Å². The highest BCUT2D eigenvalue weighted by Crippen LogP contribution is 2.27. The van der Waals surface area contributed by atoms with E-state index >= 15 is 0 Å². The Hall–Kier alpha value is -2.62. The van der Waals surface area contributed by atoms with E-state index in [0.717, 1.165) is 37.4 Å². The van der Waals surface area contributed by atoms with Crippen molar-refractivity contribution in [2.45, 2.75) is 24.7 Å². The number of anilines is 2. The Morgan fingerprint density at radius 2 is 1.81 bits per heavy atom. The summed E-state index contributed by atoms with van der Waals surface area (Å²) in [6.07, 6.45) is 0. The number of amides is 1. The molecule has 0 saturated carbocycles. The number of nitrogens with zero attached hydrogens (tertiary/aromatic N) is 1. The number of piperazine rings is 1. The average molecular weight is 461 g/mol. The van der Waals surface area contributed by atoms with Crippen LogP contribution in [0.15, 0.2) is 47.4 Å². The fourth-order valence-corrected chi connectivity index (χ4v) is 4.62. The average Bonchev–Trinajstić information content (AvgIpc) is 2.79. The van der Waals surface area contributed by atoms with E-state index in [2.05, 4.69) is 34.1 Å². The molecule has 1 saturated heterocycles. The smallest absolute Gasteiger partial charge is 0.261 e. The van der Waals surface area contributed by atoms with Gasteiger partial charge in [0, 0.05) is 51.2 Å². The van der Waals surface area contributed by atoms with Crippen molar-refractivity contribution in [3.8, 4) is 0 Å². The van der Waals surface area contributed by atoms with E-state index in [0.29, 0.717) is 30.3 Å². The molecule has 32 heavy (non-hydrogen) atoms. The quantitative estimate of drug-likeness (QED) is 0.497. The van der Waals surface area contributed by atoms with E-state index in [1.165, 1.54) is 0 Å². The first-order valence-corrected chi connectivity index (χ1v) is 12.3. The van der Waals surface area contributed by atoms with Gasteiger partial charge in [-0.25, -0.2) is 8.42 Å². The molecule has 1 aliphatic rings. The molecule has 0 atom stereocenters. The molecule has 1 fully saturated rings. The normalized spacial score (nSPS) is 14.4. The lowest BCUT2D eigenvalue weighted by molar-refractivity contribution is 0.0937. The van der Waals surface area contributed by atoms with Crippen LogP contribution in [0.5, 0.6) is 0 Å². The van der Waals surface area contributed by atoms with Crippen LogP contribution >= 0.6 is 0 Å². The predicted molar refractivity (Wildman–Crippen MR) is 127 cm³/mol. The van der Waals surface area contributed by atoms with Crippen LogP contribution in [0, 0.1) is 0 Å². The van der Waals surface area contributed by atoms with Gasteiger partial charge in [0.2, 0.25) is 0 Å². The molecule has 0 unspecified atom stereocenters. The Kier molecular flexibility index (Phi) is 8.11. The minimum absolute atomic E-state index is 0.180. The Balaban J connectivity index is 1.87. The number of carbonyl (C=O) groups excluding carboxylic acids is 1. The van der Waals surface area contributed by atoms with Crippen molar-refractivity contribution < 1.29 is 17.9 Å². The lowest BCUT2D eigenvalue weighted by Gasteiger charge is -2.31. The van der Waals surface area contributed by atoms with Crippen molar-refractivity contribution in [3.05, 3.63) is 53.6 Å². The van der Waals surface area contributed by atoms with E-state index in [9.17, 15) is 13.2 Å². The Morgan fingerprint density at radius 3 is 2.44 bits per heavy atom. The van der Waals surface area contributed by atoms with Crippen molar-refractivity contribution in [1.29, 1.82) is 0 Å². The lowest BCUT2D eigenvalue weighted by Crippen LogP contribution is -2.44. The molecule has 3 rings (SSSR count). The minimum Gasteiger partial charge on any atom is -0.383 e. The number of sulfonamides is 1. The number of methoxy groups -OCH3 is 1. The molecule has 1 heterocycles. The number of hydrogen-bond donors (Lipinski definition) is 3. The van der Waals surface area contributed by atoms with Crippen LogP contribution in [0.25, 0.3) is 0 Å². The van der Waals surface area contributed by atoms with E-state index < -0.39 is 10.0 Å². The third-order valence-electron chi connectivity index (χ3n) is 5.40. The number of benzene rings is 2. The fraction of sp³-hybridized carbons (Fsp3) is 0.435. The highest BCUT2D eigenvalue weighted by atomic mass is 32.2. The maximum atomic E-state index is 12.9. The van der Waals surface area contributed by atoms with Gasteiger partial charge < -0.3 is 20.3 Å². The van der Waals surface area contributed by atoms with Crippen LogP contribution in [0.3, 0.4) is 0 Å². The largest absolute Gasteiger partial charge is 0.383 e. The van der Waals surface area contributed by atoms with Gasteiger partial charge in [-0.3, -0.25) is 9.52 Å². The molecule has 2 aromatic carbocycles. The summed E-state index contributed by atoms with van der Waals surface area (Å²) < 4.78 is 33.5. The molecule has 3 N–H and O–H groups in total. The van der Waals surface area contributed by atoms with Crippen LogP contribution in [0.4, 0.5) is 11.4 Å². The summed E-state index contributed by atoms with van der Waals surface area (Å²) in [6, 6.07) is 11.9. The minimum atomic E-state index is -3.78. The van der Waals surface area contributed by atoms with Gasteiger partial charge in [-0.15, -0.1) is 0 Å². The molecule has 9 heteroatoms. The molecule has 0 radical (unpaired) electrons. The Labute approximate surface area is 190 Å². The van der Waals surface area contributed by atoms with Crippen LogP contribution in [0.2, 0.25) is 0 Å². The second kappa shape index (κ2) is 10.8. The fourth-order valence-electron chi connectivity index (χ4n) is 3.57. The third-order valence-corrected chi connectivity index (χ3v) is 6.80. The van der Waals surface area contributed by atoms with Crippen LogP contribution in [0.1, 0.15) is 35.7 Å². The van der Waals surface area contributed by atoms with Gasteiger partial charge in [-0.1, -0.05) is 26.0 Å². The van der Waals surface area contributed by atoms with Gasteiger partial charge >= 0.3 is 0 Å². The maximum absolute atomic E-state index is 12.9. The second-order valence-electron chi connectivity index (χ2n) is 8.05. The van der Waals surface area contributed by atoms with Crippen LogP contribution in [-0.2, 0) is 14.8 Å². The standard InChI is InChI=1S/C23H32N4O4S/c1-17(2)18-4-7-20(8-5-18)32(29,30)26-19-6-9-22(27-13-10-24-11-14-27)21(16-19)23(28)25-12-15-31-3/h4-9,16-17,24,26H,10-15H2,1-3H3,(H,25,28). The topological polar surface area (TPSA) is 99.8 Å². The first-order chi connectivity index (χ1) is 15.3. The zero-order valence-electron chi connectivity index (χ0n) is 18.8. The van der Waals surface area contributed by atoms with E-state index in [-0.39, 0.29) is 10.8 Å². The number of ether oxygens (including phenoxy) is 1. The second-order valence-corrected chi connectivity index (χ2v) is 9.73. The number of nitrogens with one attached hydrogen (secondary N) is 3. The lowest BCUT2D eigenvalue weighted by atomic mass is 10.0. The van der Waals surface area contributed by atoms with Gasteiger partial charge in [-0.2, -0.15) is 0 Å². The summed E-state index contributed by atoms with van der Waals surface area (Å²) in [5.74, 6) is 0.0503. The zero-order valence-corrected chi connectivity index (χ0v) is 19.7. The number of rotatable bonds is 9. The molecule has 0 spiro atoms. The van der Waals surface area contributed by atoms with Gasteiger partial charge in [0.25, 0.3) is 15.9 Å². The van der Waals surface area contributed by atoms with Crippen molar-refractivity contribution in [2.24, 2.45) is 0 Å². The maximum Gasteiger partial charge on any atom is 0.261 e. The summed E-state index contributed by atoms with van der Waals surface area (Å²) >= 11 is 0. The summed E-state index contributed by atoms with van der Waals surface area (Å²) in [6.45, 7) is 8.07. The highest BCUT2D eigenvalue weighted by Gasteiger charge is 2.21. The van der Waals surface area contributed by atoms with Crippen LogP contribution < -0.4 is 20.3 Å². The monoisotopic (exact) mass is 460 g/mol. The zero-order chi connectivity index (χ0) is 23.1. The summed E-state index contributed by atoms with van der Waals surface area (Å²) in [5.41, 5.74) is 2.62. The molecule has 1 aliphatic heterocycles. The first-order valence-electron chi connectivity index (χ1n) is 10.8. The Bertz CT molecular complexity index is 1020. The van der Waals surface area contributed by atoms with Crippen molar-refractivity contribution >= 4 is 27.3 Å². The number of hydrogen-bond acceptors (Lipinski definition) is 6. The van der Waals surface area contributed by atoms with Gasteiger partial charge in [-0.05, 0) is 41.8 Å². The van der Waals surface area contributed by atoms with Crippen molar-refractivity contribution in [1.82, 2.24) is 10.6 Å². The third kappa shape index (κ3) is 5.99. The molecule has 174 valence electrons. The molecule has 0 aliphatic carbocycles. The van der Waals surface area contributed by atoms with Crippen LogP contribution in [-0.4, -0.2) is 60.8 Å². The molecular weight excluding hydrogens is 428 g/mol. The van der Waals surface area contributed by atoms with Gasteiger partial charge in [0.05, 0.1) is 17.1 Å². The van der Waals surface area contributed by atoms with E-state index in [1.54, 1.807) is 37.4 Å². The summed E-state index contributed by atoms with van der Waals surface area (Å²) in [7, 11) is -2.21. The summed E-state index contributed by atoms with van der Waals surface area (Å²) in [4.78, 5) is 15.2. The molecular formula is C23H32N4O4S. The molecule has 0 bridgehead atoms. The van der Waals surface area contributed by atoms with E-state index in [4.69, 9.17) is 4.74 Å².